The van der Waals surface area contributed by atoms with Crippen LogP contribution in [-0.4, -0.2) is 34.9 Å². The number of hydrogen-bond acceptors (Lipinski definition) is 3. The normalized spacial score (nSPS) is 13.0. The third kappa shape index (κ3) is 34.5. The van der Waals surface area contributed by atoms with Crippen molar-refractivity contribution in [3.05, 3.63) is 12.2 Å². The summed E-state index contributed by atoms with van der Waals surface area (Å²) in [7, 11) is 0. The summed E-state index contributed by atoms with van der Waals surface area (Å²) in [4.78, 5) is 12.3. The van der Waals surface area contributed by atoms with Gasteiger partial charge in [0.25, 0.3) is 0 Å². The van der Waals surface area contributed by atoms with E-state index in [4.69, 9.17) is 0 Å². The highest BCUT2D eigenvalue weighted by molar-refractivity contribution is 5.76. The SMILES string of the molecule is CCCCCCCCCCCC/C=C/[C@@H](O)[C@H](CO)NC(=O)CCCCCCCCCCCCCCCCCCCCCCCC. The van der Waals surface area contributed by atoms with Crippen LogP contribution in [0.15, 0.2) is 12.2 Å². The molecule has 3 N–H and O–H groups in total. The molecule has 0 saturated heterocycles. The van der Waals surface area contributed by atoms with Crippen LogP contribution in [0.1, 0.15) is 232 Å². The van der Waals surface area contributed by atoms with E-state index in [1.54, 1.807) is 6.08 Å². The van der Waals surface area contributed by atoms with Crippen LogP contribution in [-0.2, 0) is 4.79 Å². The van der Waals surface area contributed by atoms with Gasteiger partial charge in [0.2, 0.25) is 5.91 Å². The minimum absolute atomic E-state index is 0.0608. The Morgan fingerprint density at radius 3 is 1.13 bits per heavy atom. The highest BCUT2D eigenvalue weighted by Gasteiger charge is 2.17. The summed E-state index contributed by atoms with van der Waals surface area (Å²) < 4.78 is 0. The number of amides is 1. The van der Waals surface area contributed by atoms with Crippen LogP contribution in [0.4, 0.5) is 0 Å². The number of aliphatic hydroxyl groups excluding tert-OH is 2. The Hall–Kier alpha value is -0.870. The van der Waals surface area contributed by atoms with Gasteiger partial charge in [-0.3, -0.25) is 4.79 Å². The van der Waals surface area contributed by atoms with Crippen LogP contribution < -0.4 is 5.32 Å². The highest BCUT2D eigenvalue weighted by Crippen LogP contribution is 2.16. The summed E-state index contributed by atoms with van der Waals surface area (Å²) in [6, 6.07) is -0.615. The number of hydrogen-bond donors (Lipinski definition) is 3. The van der Waals surface area contributed by atoms with Gasteiger partial charge in [0.15, 0.2) is 0 Å². The lowest BCUT2D eigenvalue weighted by Gasteiger charge is -2.20. The van der Waals surface area contributed by atoms with Gasteiger partial charge in [0.05, 0.1) is 18.8 Å². The molecule has 0 aromatic carbocycles. The van der Waals surface area contributed by atoms with Gasteiger partial charge in [-0.1, -0.05) is 219 Å². The zero-order valence-electron chi connectivity index (χ0n) is 31.4. The van der Waals surface area contributed by atoms with E-state index in [0.29, 0.717) is 6.42 Å². The second kappa shape index (κ2) is 38.6. The van der Waals surface area contributed by atoms with Crippen molar-refractivity contribution < 1.29 is 15.0 Å². The zero-order valence-corrected chi connectivity index (χ0v) is 31.4. The van der Waals surface area contributed by atoms with Gasteiger partial charge < -0.3 is 15.5 Å². The predicted molar refractivity (Wildman–Crippen MR) is 202 cm³/mol. The Kier molecular flexibility index (Phi) is 37.8. The summed E-state index contributed by atoms with van der Waals surface area (Å²) in [6.07, 6.45) is 47.4. The van der Waals surface area contributed by atoms with Gasteiger partial charge in [0.1, 0.15) is 0 Å². The van der Waals surface area contributed by atoms with Crippen LogP contribution in [0.25, 0.3) is 0 Å². The molecule has 4 nitrogen and oxygen atoms in total. The number of allylic oxidation sites excluding steroid dienone is 1. The molecule has 0 radical (unpaired) electrons. The van der Waals surface area contributed by atoms with Gasteiger partial charge in [0, 0.05) is 6.42 Å². The fraction of sp³-hybridized carbons (Fsp3) is 0.929. The summed E-state index contributed by atoms with van der Waals surface area (Å²) in [5.74, 6) is -0.0608. The molecule has 274 valence electrons. The molecule has 0 aliphatic rings. The largest absolute Gasteiger partial charge is 0.394 e. The number of carbonyl (C=O) groups is 1. The first-order valence-electron chi connectivity index (χ1n) is 20.9. The first-order valence-corrected chi connectivity index (χ1v) is 20.9. The van der Waals surface area contributed by atoms with Gasteiger partial charge in [-0.2, -0.15) is 0 Å². The first-order chi connectivity index (χ1) is 22.7. The molecule has 4 heteroatoms. The summed E-state index contributed by atoms with van der Waals surface area (Å²) in [6.45, 7) is 4.31. The lowest BCUT2D eigenvalue weighted by Crippen LogP contribution is -2.45. The molecule has 0 bridgehead atoms. The average Bonchev–Trinajstić information content (AvgIpc) is 3.06. The van der Waals surface area contributed by atoms with Gasteiger partial charge in [-0.15, -0.1) is 0 Å². The molecule has 0 heterocycles. The molecule has 46 heavy (non-hydrogen) atoms. The van der Waals surface area contributed by atoms with Crippen molar-refractivity contribution in [2.24, 2.45) is 0 Å². The Balaban J connectivity index is 3.49. The minimum atomic E-state index is -0.832. The maximum Gasteiger partial charge on any atom is 0.220 e. The fourth-order valence-corrected chi connectivity index (χ4v) is 6.53. The van der Waals surface area contributed by atoms with Crippen molar-refractivity contribution in [3.8, 4) is 0 Å². The van der Waals surface area contributed by atoms with Crippen LogP contribution in [0.2, 0.25) is 0 Å². The van der Waals surface area contributed by atoms with E-state index in [0.717, 1.165) is 25.7 Å². The van der Waals surface area contributed by atoms with Gasteiger partial charge >= 0.3 is 0 Å². The molecule has 2 atom stereocenters. The zero-order chi connectivity index (χ0) is 33.6. The molecule has 0 rings (SSSR count). The number of nitrogens with one attached hydrogen (secondary N) is 1. The van der Waals surface area contributed by atoms with Crippen LogP contribution >= 0.6 is 0 Å². The number of unbranched alkanes of at least 4 members (excludes halogenated alkanes) is 31. The van der Waals surface area contributed by atoms with Crippen molar-refractivity contribution in [2.45, 2.75) is 244 Å². The van der Waals surface area contributed by atoms with Gasteiger partial charge in [-0.05, 0) is 19.3 Å². The Labute approximate surface area is 288 Å². The molecule has 0 spiro atoms. The van der Waals surface area contributed by atoms with Crippen molar-refractivity contribution in [3.63, 3.8) is 0 Å². The Morgan fingerprint density at radius 2 is 0.804 bits per heavy atom. The smallest absolute Gasteiger partial charge is 0.220 e. The monoisotopic (exact) mass is 650 g/mol. The van der Waals surface area contributed by atoms with E-state index in [9.17, 15) is 15.0 Å². The van der Waals surface area contributed by atoms with E-state index in [-0.39, 0.29) is 12.5 Å². The second-order valence-electron chi connectivity index (χ2n) is 14.4. The van der Waals surface area contributed by atoms with Crippen LogP contribution in [0.5, 0.6) is 0 Å². The third-order valence-electron chi connectivity index (χ3n) is 9.77. The quantitative estimate of drug-likeness (QED) is 0.0460. The molecule has 1 amide bonds. The average molecular weight is 650 g/mol. The molecule has 0 unspecified atom stereocenters. The van der Waals surface area contributed by atoms with Gasteiger partial charge in [-0.25, -0.2) is 0 Å². The van der Waals surface area contributed by atoms with Crippen molar-refractivity contribution in [2.75, 3.05) is 6.61 Å². The number of rotatable bonds is 38. The summed E-state index contributed by atoms with van der Waals surface area (Å²) >= 11 is 0. The van der Waals surface area contributed by atoms with Crippen molar-refractivity contribution in [1.29, 1.82) is 0 Å². The maximum absolute atomic E-state index is 12.3. The lowest BCUT2D eigenvalue weighted by atomic mass is 10.0. The number of carbonyl (C=O) groups excluding carboxylic acids is 1. The number of aliphatic hydroxyl groups is 2. The Bertz CT molecular complexity index is 622. The summed E-state index contributed by atoms with van der Waals surface area (Å²) in [5, 5.41) is 22.9. The van der Waals surface area contributed by atoms with E-state index in [1.807, 2.05) is 6.08 Å². The predicted octanol–water partition coefficient (Wildman–Crippen LogP) is 12.7. The molecule has 0 fully saturated rings. The standard InChI is InChI=1S/C42H83NO3/c1-3-5-7-9-11-13-15-17-18-19-20-21-22-23-24-25-26-28-30-32-34-36-38-42(46)43-40(39-44)41(45)37-35-33-31-29-27-16-14-12-10-8-6-4-2/h35,37,40-41,44-45H,3-34,36,38-39H2,1-2H3,(H,43,46)/b37-35+/t40-,41+/m0/s1. The summed E-state index contributed by atoms with van der Waals surface area (Å²) in [5.41, 5.74) is 0. The third-order valence-corrected chi connectivity index (χ3v) is 9.77. The lowest BCUT2D eigenvalue weighted by molar-refractivity contribution is -0.123. The molecular weight excluding hydrogens is 566 g/mol. The highest BCUT2D eigenvalue weighted by atomic mass is 16.3. The van der Waals surface area contributed by atoms with E-state index in [1.165, 1.54) is 186 Å². The molecule has 0 aliphatic heterocycles. The molecule has 0 saturated carbocycles. The molecule has 0 aliphatic carbocycles. The molecular formula is C42H83NO3. The van der Waals surface area contributed by atoms with Crippen molar-refractivity contribution in [1.82, 2.24) is 5.32 Å². The van der Waals surface area contributed by atoms with Crippen molar-refractivity contribution >= 4 is 5.91 Å². The molecule has 0 aromatic rings. The topological polar surface area (TPSA) is 69.6 Å². The first kappa shape index (κ1) is 45.1. The second-order valence-corrected chi connectivity index (χ2v) is 14.4. The maximum atomic E-state index is 12.3. The minimum Gasteiger partial charge on any atom is -0.394 e. The van der Waals surface area contributed by atoms with E-state index < -0.39 is 12.1 Å². The van der Waals surface area contributed by atoms with Crippen LogP contribution in [0.3, 0.4) is 0 Å². The fourth-order valence-electron chi connectivity index (χ4n) is 6.53. The molecule has 0 aromatic heterocycles. The van der Waals surface area contributed by atoms with Crippen LogP contribution in [0, 0.1) is 0 Å². The van der Waals surface area contributed by atoms with E-state index in [2.05, 4.69) is 19.2 Å². The Morgan fingerprint density at radius 1 is 0.500 bits per heavy atom. The van der Waals surface area contributed by atoms with E-state index >= 15 is 0 Å².